The predicted molar refractivity (Wildman–Crippen MR) is 131 cm³/mol. The van der Waals surface area contributed by atoms with Gasteiger partial charge in [0, 0.05) is 23.7 Å². The van der Waals surface area contributed by atoms with Gasteiger partial charge in [-0.05, 0) is 37.3 Å². The standard InChI is InChI=1S/C24H17N3O3S2/c1-2-26-22(28)20(32-24(26)31)13-16-14-27(17-9-4-3-5-10-17)25-21(16)18-12-15-8-6-7-11-19(15)30-23(18)29/h3-14H,2H2,1H3/b20-13+. The number of rotatable bonds is 4. The molecule has 0 N–H and O–H groups in total. The van der Waals surface area contributed by atoms with Gasteiger partial charge >= 0.3 is 5.63 Å². The van der Waals surface area contributed by atoms with Crippen LogP contribution in [-0.2, 0) is 4.79 Å². The average Bonchev–Trinajstić information content (AvgIpc) is 3.34. The number of thioether (sulfide) groups is 1. The highest BCUT2D eigenvalue weighted by atomic mass is 32.2. The molecule has 0 radical (unpaired) electrons. The van der Waals surface area contributed by atoms with Gasteiger partial charge in [0.05, 0.1) is 16.2 Å². The number of hydrogen-bond acceptors (Lipinski definition) is 6. The van der Waals surface area contributed by atoms with Crippen LogP contribution in [0.3, 0.4) is 0 Å². The van der Waals surface area contributed by atoms with Crippen molar-refractivity contribution in [2.24, 2.45) is 0 Å². The largest absolute Gasteiger partial charge is 0.422 e. The Morgan fingerprint density at radius 2 is 1.84 bits per heavy atom. The number of fused-ring (bicyclic) bond motifs is 1. The van der Waals surface area contributed by atoms with Gasteiger partial charge in [-0.15, -0.1) is 0 Å². The van der Waals surface area contributed by atoms with E-state index in [-0.39, 0.29) is 5.91 Å². The molecule has 0 atom stereocenters. The first-order valence-corrected chi connectivity index (χ1v) is 11.2. The number of benzene rings is 2. The zero-order valence-corrected chi connectivity index (χ0v) is 18.7. The van der Waals surface area contributed by atoms with Crippen molar-refractivity contribution in [2.75, 3.05) is 6.54 Å². The SMILES string of the molecule is CCN1C(=O)/C(=C\c2cn(-c3ccccc3)nc2-c2cc3ccccc3oc2=O)SC1=S. The molecular weight excluding hydrogens is 442 g/mol. The number of aromatic nitrogens is 2. The molecule has 1 fully saturated rings. The Labute approximate surface area is 193 Å². The van der Waals surface area contributed by atoms with Crippen LogP contribution < -0.4 is 5.63 Å². The second kappa shape index (κ2) is 8.22. The molecule has 0 saturated carbocycles. The van der Waals surface area contributed by atoms with Gasteiger partial charge in [-0.3, -0.25) is 9.69 Å². The zero-order chi connectivity index (χ0) is 22.2. The summed E-state index contributed by atoms with van der Waals surface area (Å²) in [6.07, 6.45) is 3.54. The molecular formula is C24H17N3O3S2. The van der Waals surface area contributed by atoms with E-state index in [4.69, 9.17) is 16.6 Å². The third kappa shape index (κ3) is 3.57. The molecule has 0 unspecified atom stereocenters. The number of nitrogens with zero attached hydrogens (tertiary/aromatic N) is 3. The lowest BCUT2D eigenvalue weighted by atomic mass is 10.1. The van der Waals surface area contributed by atoms with Crippen LogP contribution in [0.25, 0.3) is 34.0 Å². The summed E-state index contributed by atoms with van der Waals surface area (Å²) in [5.41, 5.74) is 2.25. The van der Waals surface area contributed by atoms with Gasteiger partial charge in [0.2, 0.25) is 0 Å². The van der Waals surface area contributed by atoms with Gasteiger partial charge in [0.15, 0.2) is 0 Å². The summed E-state index contributed by atoms with van der Waals surface area (Å²) in [6.45, 7) is 2.39. The Hall–Kier alpha value is -3.49. The molecule has 1 aliphatic heterocycles. The topological polar surface area (TPSA) is 68.3 Å². The quantitative estimate of drug-likeness (QED) is 0.246. The number of hydrogen-bond donors (Lipinski definition) is 0. The second-order valence-corrected chi connectivity index (χ2v) is 8.80. The van der Waals surface area contributed by atoms with E-state index in [1.807, 2.05) is 55.5 Å². The molecule has 1 saturated heterocycles. The van der Waals surface area contributed by atoms with E-state index in [2.05, 4.69) is 5.10 Å². The fourth-order valence-electron chi connectivity index (χ4n) is 3.56. The highest BCUT2D eigenvalue weighted by molar-refractivity contribution is 8.26. The number of likely N-dealkylation sites (N-methyl/N-ethyl adjacent to an activating group) is 1. The molecule has 3 heterocycles. The number of carbonyl (C=O) groups is 1. The van der Waals surface area contributed by atoms with Crippen LogP contribution in [0.5, 0.6) is 0 Å². The van der Waals surface area contributed by atoms with E-state index >= 15 is 0 Å². The van der Waals surface area contributed by atoms with Crippen molar-refractivity contribution in [3.63, 3.8) is 0 Å². The summed E-state index contributed by atoms with van der Waals surface area (Å²) < 4.78 is 7.74. The number of amides is 1. The van der Waals surface area contributed by atoms with Gasteiger partial charge in [-0.2, -0.15) is 5.10 Å². The summed E-state index contributed by atoms with van der Waals surface area (Å²) in [5.74, 6) is -0.147. The molecule has 5 rings (SSSR count). The lowest BCUT2D eigenvalue weighted by Gasteiger charge is -2.09. The molecule has 2 aromatic heterocycles. The fraction of sp³-hybridized carbons (Fsp3) is 0.0833. The smallest absolute Gasteiger partial charge is 0.345 e. The number of thiocarbonyl (C=S) groups is 1. The number of para-hydroxylation sites is 2. The van der Waals surface area contributed by atoms with Gasteiger partial charge in [0.25, 0.3) is 5.91 Å². The predicted octanol–water partition coefficient (Wildman–Crippen LogP) is 4.87. The third-order valence-electron chi connectivity index (χ3n) is 5.14. The molecule has 158 valence electrons. The minimum absolute atomic E-state index is 0.147. The van der Waals surface area contributed by atoms with Crippen molar-refractivity contribution in [1.29, 1.82) is 0 Å². The average molecular weight is 460 g/mol. The van der Waals surface area contributed by atoms with Gasteiger partial charge in [-0.25, -0.2) is 9.48 Å². The first-order chi connectivity index (χ1) is 15.5. The molecule has 1 amide bonds. The van der Waals surface area contributed by atoms with Crippen molar-refractivity contribution in [3.05, 3.63) is 87.7 Å². The first-order valence-electron chi connectivity index (χ1n) is 9.99. The monoisotopic (exact) mass is 459 g/mol. The van der Waals surface area contributed by atoms with Gasteiger partial charge in [-0.1, -0.05) is 60.4 Å². The Balaban J connectivity index is 1.70. The minimum Gasteiger partial charge on any atom is -0.422 e. The third-order valence-corrected chi connectivity index (χ3v) is 6.51. The van der Waals surface area contributed by atoms with Crippen LogP contribution >= 0.6 is 24.0 Å². The summed E-state index contributed by atoms with van der Waals surface area (Å²) in [4.78, 5) is 27.7. The van der Waals surface area contributed by atoms with E-state index in [9.17, 15) is 9.59 Å². The molecule has 0 bridgehead atoms. The van der Waals surface area contributed by atoms with Crippen LogP contribution in [0.15, 0.2) is 81.0 Å². The minimum atomic E-state index is -0.488. The van der Waals surface area contributed by atoms with Crippen molar-refractivity contribution >= 4 is 51.3 Å². The molecule has 8 heteroatoms. The van der Waals surface area contributed by atoms with Crippen molar-refractivity contribution in [1.82, 2.24) is 14.7 Å². The van der Waals surface area contributed by atoms with E-state index in [1.54, 1.807) is 34.0 Å². The van der Waals surface area contributed by atoms with Crippen LogP contribution in [-0.4, -0.2) is 31.5 Å². The Morgan fingerprint density at radius 1 is 1.09 bits per heavy atom. The summed E-state index contributed by atoms with van der Waals surface area (Å²) in [6, 6.07) is 18.7. The Kier molecular flexibility index (Phi) is 5.24. The lowest BCUT2D eigenvalue weighted by Crippen LogP contribution is -2.27. The van der Waals surface area contributed by atoms with Crippen LogP contribution in [0.4, 0.5) is 0 Å². The first kappa shape index (κ1) is 20.4. The van der Waals surface area contributed by atoms with Crippen LogP contribution in [0.2, 0.25) is 0 Å². The van der Waals surface area contributed by atoms with Crippen molar-refractivity contribution in [2.45, 2.75) is 6.92 Å². The van der Waals surface area contributed by atoms with Gasteiger partial charge < -0.3 is 4.42 Å². The van der Waals surface area contributed by atoms with Gasteiger partial charge in [0.1, 0.15) is 15.6 Å². The Morgan fingerprint density at radius 3 is 2.59 bits per heavy atom. The van der Waals surface area contributed by atoms with E-state index in [0.717, 1.165) is 11.1 Å². The van der Waals surface area contributed by atoms with E-state index < -0.39 is 5.63 Å². The second-order valence-electron chi connectivity index (χ2n) is 7.12. The summed E-state index contributed by atoms with van der Waals surface area (Å²) >= 11 is 6.58. The highest BCUT2D eigenvalue weighted by Crippen LogP contribution is 2.34. The molecule has 0 spiro atoms. The normalized spacial score (nSPS) is 15.3. The molecule has 1 aliphatic rings. The highest BCUT2D eigenvalue weighted by Gasteiger charge is 2.31. The molecule has 0 aliphatic carbocycles. The van der Waals surface area contributed by atoms with Crippen LogP contribution in [0, 0.1) is 0 Å². The van der Waals surface area contributed by atoms with Crippen molar-refractivity contribution in [3.8, 4) is 16.9 Å². The van der Waals surface area contributed by atoms with Crippen LogP contribution in [0.1, 0.15) is 12.5 Å². The zero-order valence-electron chi connectivity index (χ0n) is 17.0. The molecule has 4 aromatic rings. The Bertz CT molecular complexity index is 1450. The van der Waals surface area contributed by atoms with E-state index in [0.29, 0.717) is 38.2 Å². The summed E-state index contributed by atoms with van der Waals surface area (Å²) in [5, 5.41) is 5.48. The summed E-state index contributed by atoms with van der Waals surface area (Å²) in [7, 11) is 0. The number of carbonyl (C=O) groups excluding carboxylic acids is 1. The van der Waals surface area contributed by atoms with E-state index in [1.165, 1.54) is 11.8 Å². The molecule has 2 aromatic carbocycles. The maximum absolute atomic E-state index is 12.8. The molecule has 32 heavy (non-hydrogen) atoms. The lowest BCUT2D eigenvalue weighted by molar-refractivity contribution is -0.121. The maximum Gasteiger partial charge on any atom is 0.345 e. The molecule has 6 nitrogen and oxygen atoms in total. The maximum atomic E-state index is 12.8. The van der Waals surface area contributed by atoms with Crippen molar-refractivity contribution < 1.29 is 9.21 Å². The fourth-order valence-corrected chi connectivity index (χ4v) is 4.93.